The van der Waals surface area contributed by atoms with E-state index in [0.717, 1.165) is 48.4 Å². The quantitative estimate of drug-likeness (QED) is 0.217. The van der Waals surface area contributed by atoms with Gasteiger partial charge in [-0.25, -0.2) is 4.79 Å². The molecule has 41 heavy (non-hydrogen) atoms. The Balaban J connectivity index is 0.00000387. The van der Waals surface area contributed by atoms with Crippen LogP contribution in [-0.4, -0.2) is 40.6 Å². The molecule has 3 aromatic rings. The second-order valence-electron chi connectivity index (χ2n) is 11.3. The van der Waals surface area contributed by atoms with Gasteiger partial charge in [0.05, 0.1) is 23.0 Å². The molecule has 1 unspecified atom stereocenters. The number of piperidine rings is 1. The first kappa shape index (κ1) is 29.9. The number of carbonyl (C=O) groups excluding carboxylic acids is 3. The van der Waals surface area contributed by atoms with E-state index in [2.05, 4.69) is 36.7 Å². The number of nitrogens with zero attached hydrogens (tertiary/aromatic N) is 1. The highest BCUT2D eigenvalue weighted by atomic mass is 35.5. The number of fused-ring (bicyclic) bond motifs is 1. The van der Waals surface area contributed by atoms with Crippen molar-refractivity contribution >= 4 is 64.8 Å². The van der Waals surface area contributed by atoms with Crippen LogP contribution in [0.3, 0.4) is 0 Å². The lowest BCUT2D eigenvalue weighted by Gasteiger charge is -2.22. The van der Waals surface area contributed by atoms with Crippen molar-refractivity contribution in [2.45, 2.75) is 65.3 Å². The molecular formula is C29H36ClN7O4. The summed E-state index contributed by atoms with van der Waals surface area (Å²) in [6, 6.07) is 6.22. The fourth-order valence-electron chi connectivity index (χ4n) is 4.92. The van der Waals surface area contributed by atoms with Gasteiger partial charge in [-0.15, -0.1) is 12.4 Å². The maximum atomic E-state index is 12.9. The highest BCUT2D eigenvalue weighted by molar-refractivity contribution is 6.35. The van der Waals surface area contributed by atoms with Crippen molar-refractivity contribution in [3.05, 3.63) is 52.5 Å². The van der Waals surface area contributed by atoms with Gasteiger partial charge >= 0.3 is 6.03 Å². The zero-order chi connectivity index (χ0) is 28.6. The van der Waals surface area contributed by atoms with Gasteiger partial charge in [0.15, 0.2) is 5.82 Å². The number of benzene rings is 1. The van der Waals surface area contributed by atoms with Crippen molar-refractivity contribution < 1.29 is 18.9 Å². The molecule has 2 aliphatic rings. The molecule has 1 fully saturated rings. The van der Waals surface area contributed by atoms with Crippen LogP contribution in [0.1, 0.15) is 68.3 Å². The minimum absolute atomic E-state index is 0. The van der Waals surface area contributed by atoms with Crippen LogP contribution in [0, 0.1) is 13.8 Å². The van der Waals surface area contributed by atoms with Crippen LogP contribution in [-0.2, 0) is 15.0 Å². The molecule has 2 aromatic heterocycles. The van der Waals surface area contributed by atoms with E-state index in [0.29, 0.717) is 34.1 Å². The van der Waals surface area contributed by atoms with Crippen LogP contribution in [0.2, 0.25) is 0 Å². The van der Waals surface area contributed by atoms with Gasteiger partial charge in [0, 0.05) is 34.1 Å². The monoisotopic (exact) mass is 581 g/mol. The number of hydrogen-bond acceptors (Lipinski definition) is 6. The van der Waals surface area contributed by atoms with E-state index in [1.807, 2.05) is 34.6 Å². The summed E-state index contributed by atoms with van der Waals surface area (Å²) in [5.74, 6) is 0.669. The number of amides is 4. The molecule has 1 atom stereocenters. The van der Waals surface area contributed by atoms with Crippen LogP contribution in [0.25, 0.3) is 11.6 Å². The third kappa shape index (κ3) is 6.47. The second-order valence-corrected chi connectivity index (χ2v) is 11.3. The van der Waals surface area contributed by atoms with Gasteiger partial charge < -0.3 is 30.8 Å². The number of rotatable bonds is 5. The normalized spacial score (nSPS) is 17.4. The summed E-state index contributed by atoms with van der Waals surface area (Å²) >= 11 is 0. The van der Waals surface area contributed by atoms with Crippen molar-refractivity contribution in [2.24, 2.45) is 0 Å². The number of urea groups is 1. The number of aromatic amines is 1. The third-order valence-electron chi connectivity index (χ3n) is 7.19. The highest BCUT2D eigenvalue weighted by Crippen LogP contribution is 2.36. The molecule has 1 saturated heterocycles. The lowest BCUT2D eigenvalue weighted by Crippen LogP contribution is -2.43. The molecule has 0 radical (unpaired) electrons. The number of aryl methyl sites for hydroxylation is 1. The number of nitrogens with one attached hydrogen (secondary N) is 6. The Bertz CT molecular complexity index is 1510. The molecule has 1 aromatic carbocycles. The van der Waals surface area contributed by atoms with E-state index in [4.69, 9.17) is 4.52 Å². The molecule has 218 valence electrons. The number of halogens is 1. The van der Waals surface area contributed by atoms with E-state index in [-0.39, 0.29) is 35.7 Å². The number of hydrogen-bond donors (Lipinski definition) is 6. The Kier molecular flexibility index (Phi) is 8.60. The summed E-state index contributed by atoms with van der Waals surface area (Å²) in [6.07, 6.45) is 4.72. The summed E-state index contributed by atoms with van der Waals surface area (Å²) in [4.78, 5) is 41.5. The summed E-state index contributed by atoms with van der Waals surface area (Å²) in [7, 11) is 0. The molecule has 4 amide bonds. The number of H-pyrrole nitrogens is 1. The van der Waals surface area contributed by atoms with Gasteiger partial charge in [-0.3, -0.25) is 14.9 Å². The average Bonchev–Trinajstić information content (AvgIpc) is 3.57. The fourth-order valence-corrected chi connectivity index (χ4v) is 4.92. The summed E-state index contributed by atoms with van der Waals surface area (Å²) in [6.45, 7) is 10.6. The Morgan fingerprint density at radius 1 is 1.10 bits per heavy atom. The van der Waals surface area contributed by atoms with Crippen molar-refractivity contribution in [2.75, 3.05) is 27.8 Å². The van der Waals surface area contributed by atoms with Gasteiger partial charge in [-0.1, -0.05) is 38.4 Å². The molecule has 0 saturated carbocycles. The Hall–Kier alpha value is -4.09. The topological polar surface area (TPSA) is 153 Å². The van der Waals surface area contributed by atoms with Gasteiger partial charge in [0.1, 0.15) is 5.76 Å². The van der Waals surface area contributed by atoms with Crippen molar-refractivity contribution in [3.63, 3.8) is 0 Å². The fraction of sp³-hybridized carbons (Fsp3) is 0.379. The van der Waals surface area contributed by atoms with E-state index in [1.54, 1.807) is 30.3 Å². The predicted octanol–water partition coefficient (Wildman–Crippen LogP) is 5.56. The molecule has 4 heterocycles. The lowest BCUT2D eigenvalue weighted by molar-refractivity contribution is -0.118. The van der Waals surface area contributed by atoms with Crippen LogP contribution in [0.15, 0.2) is 28.8 Å². The largest absolute Gasteiger partial charge is 0.359 e. The van der Waals surface area contributed by atoms with Crippen molar-refractivity contribution in [3.8, 4) is 0 Å². The minimum atomic E-state index is -0.482. The first-order chi connectivity index (χ1) is 19.0. The lowest BCUT2D eigenvalue weighted by atomic mass is 9.93. The molecule has 5 rings (SSSR count). The molecule has 0 aliphatic carbocycles. The molecular weight excluding hydrogens is 546 g/mol. The zero-order valence-corrected chi connectivity index (χ0v) is 24.6. The van der Waals surface area contributed by atoms with Crippen LogP contribution in [0.5, 0.6) is 0 Å². The van der Waals surface area contributed by atoms with Crippen LogP contribution >= 0.6 is 12.4 Å². The molecule has 6 N–H and O–H groups in total. The van der Waals surface area contributed by atoms with Gasteiger partial charge in [0.2, 0.25) is 5.91 Å². The molecule has 12 heteroatoms. The minimum Gasteiger partial charge on any atom is -0.359 e. The summed E-state index contributed by atoms with van der Waals surface area (Å²) in [5.41, 5.74) is 5.21. The van der Waals surface area contributed by atoms with E-state index in [1.165, 1.54) is 0 Å². The maximum Gasteiger partial charge on any atom is 0.324 e. The molecule has 0 spiro atoms. The highest BCUT2D eigenvalue weighted by Gasteiger charge is 2.27. The first-order valence-electron chi connectivity index (χ1n) is 13.5. The predicted molar refractivity (Wildman–Crippen MR) is 163 cm³/mol. The van der Waals surface area contributed by atoms with E-state index < -0.39 is 6.03 Å². The van der Waals surface area contributed by atoms with Gasteiger partial charge in [-0.05, 0) is 57.0 Å². The molecule has 11 nitrogen and oxygen atoms in total. The van der Waals surface area contributed by atoms with E-state index >= 15 is 0 Å². The first-order valence-corrected chi connectivity index (χ1v) is 13.5. The van der Waals surface area contributed by atoms with Crippen molar-refractivity contribution in [1.82, 2.24) is 15.5 Å². The summed E-state index contributed by atoms with van der Waals surface area (Å²) < 4.78 is 5.30. The Morgan fingerprint density at radius 2 is 1.88 bits per heavy atom. The average molecular weight is 582 g/mol. The smallest absolute Gasteiger partial charge is 0.324 e. The second kappa shape index (κ2) is 11.8. The SMILES string of the molecule is Cc1[nH]c(C=C2C(=O)Nc3cc(NC(=O)Nc4cc(C(C)(C)C)on4)ccc32)c(C)c1NC(=O)C1CCCCN1.Cl. The summed E-state index contributed by atoms with van der Waals surface area (Å²) in [5, 5.41) is 18.5. The van der Waals surface area contributed by atoms with E-state index in [9.17, 15) is 14.4 Å². The Labute approximate surface area is 244 Å². The molecule has 0 bridgehead atoms. The molecule has 2 aliphatic heterocycles. The van der Waals surface area contributed by atoms with Gasteiger partial charge in [0.25, 0.3) is 5.91 Å². The number of carbonyl (C=O) groups is 3. The zero-order valence-electron chi connectivity index (χ0n) is 23.8. The van der Waals surface area contributed by atoms with Crippen molar-refractivity contribution in [1.29, 1.82) is 0 Å². The maximum absolute atomic E-state index is 12.9. The van der Waals surface area contributed by atoms with Crippen LogP contribution < -0.4 is 26.6 Å². The number of aromatic nitrogens is 2. The third-order valence-corrected chi connectivity index (χ3v) is 7.19. The van der Waals surface area contributed by atoms with Gasteiger partial charge in [-0.2, -0.15) is 0 Å². The Morgan fingerprint density at radius 3 is 2.56 bits per heavy atom. The number of anilines is 4. The standard InChI is InChI=1S/C29H35N7O4.ClH/c1-15-21(31-16(2)25(15)35-27(38)20-8-6-7-11-30-20)13-19-18-10-9-17(12-22(18)33-26(19)37)32-28(39)34-24-14-23(40-36-24)29(3,4)5;/h9-10,12-14,20,30-31H,6-8,11H2,1-5H3,(H,33,37)(H,35,38)(H2,32,34,36,39);1H. The van der Waals surface area contributed by atoms with Crippen LogP contribution in [0.4, 0.5) is 27.7 Å².